The van der Waals surface area contributed by atoms with Crippen LogP contribution in [0.4, 0.5) is 0 Å². The second-order valence-corrected chi connectivity index (χ2v) is 6.36. The second-order valence-electron chi connectivity index (χ2n) is 6.36. The van der Waals surface area contributed by atoms with Gasteiger partial charge in [-0.2, -0.15) is 0 Å². The fraction of sp³-hybridized carbons (Fsp3) is 0.389. The average Bonchev–Trinajstić information content (AvgIpc) is 3.39. The summed E-state index contributed by atoms with van der Waals surface area (Å²) in [5.74, 6) is 1.27. The average molecular weight is 281 g/mol. The number of phenolic OH excluding ortho intramolecular Hbond substituents is 1. The third-order valence-corrected chi connectivity index (χ3v) is 4.70. The van der Waals surface area contributed by atoms with Crippen LogP contribution in [0.3, 0.4) is 0 Å². The molecule has 1 amide bonds. The van der Waals surface area contributed by atoms with Crippen LogP contribution in [0.1, 0.15) is 36.0 Å². The van der Waals surface area contributed by atoms with Gasteiger partial charge in [0.2, 0.25) is 0 Å². The molecule has 0 saturated heterocycles. The Morgan fingerprint density at radius 2 is 1.71 bits per heavy atom. The van der Waals surface area contributed by atoms with Crippen molar-refractivity contribution in [2.45, 2.75) is 31.7 Å². The molecule has 0 unspecified atom stereocenters. The highest BCUT2D eigenvalue weighted by Gasteiger charge is 2.42. The summed E-state index contributed by atoms with van der Waals surface area (Å²) >= 11 is 0. The molecule has 21 heavy (non-hydrogen) atoms. The molecular formula is C18H19NO2. The summed E-state index contributed by atoms with van der Waals surface area (Å²) in [5.41, 5.74) is 0.389. The summed E-state index contributed by atoms with van der Waals surface area (Å²) in [6, 6.07) is 11.5. The number of fused-ring (bicyclic) bond motifs is 1. The van der Waals surface area contributed by atoms with Gasteiger partial charge in [0.05, 0.1) is 5.56 Å². The van der Waals surface area contributed by atoms with Gasteiger partial charge in [0.1, 0.15) is 5.75 Å². The molecule has 2 aliphatic carbocycles. The minimum absolute atomic E-state index is 0.0935. The van der Waals surface area contributed by atoms with Gasteiger partial charge in [0.25, 0.3) is 5.91 Å². The third kappa shape index (κ3) is 2.37. The molecule has 0 aliphatic heterocycles. The molecule has 2 saturated carbocycles. The van der Waals surface area contributed by atoms with Gasteiger partial charge in [-0.15, -0.1) is 0 Å². The van der Waals surface area contributed by atoms with Gasteiger partial charge in [-0.25, -0.2) is 0 Å². The van der Waals surface area contributed by atoms with Crippen LogP contribution in [0.25, 0.3) is 10.8 Å². The number of amides is 1. The lowest BCUT2D eigenvalue weighted by molar-refractivity contribution is 0.0924. The summed E-state index contributed by atoms with van der Waals surface area (Å²) in [4.78, 5) is 12.5. The Balaban J connectivity index is 1.62. The van der Waals surface area contributed by atoms with Crippen molar-refractivity contribution < 1.29 is 9.90 Å². The molecule has 4 rings (SSSR count). The van der Waals surface area contributed by atoms with Crippen molar-refractivity contribution in [3.8, 4) is 5.75 Å². The van der Waals surface area contributed by atoms with Crippen molar-refractivity contribution in [2.75, 3.05) is 0 Å². The zero-order valence-corrected chi connectivity index (χ0v) is 11.9. The summed E-state index contributed by atoms with van der Waals surface area (Å²) in [6.45, 7) is 0. The maximum atomic E-state index is 12.5. The number of rotatable bonds is 4. The van der Waals surface area contributed by atoms with Crippen molar-refractivity contribution in [3.63, 3.8) is 0 Å². The topological polar surface area (TPSA) is 49.3 Å². The van der Waals surface area contributed by atoms with E-state index < -0.39 is 0 Å². The molecule has 0 bridgehead atoms. The van der Waals surface area contributed by atoms with Gasteiger partial charge in [0.15, 0.2) is 0 Å². The van der Waals surface area contributed by atoms with Crippen molar-refractivity contribution in [1.29, 1.82) is 0 Å². The number of nitrogens with one attached hydrogen (secondary N) is 1. The highest BCUT2D eigenvalue weighted by Crippen LogP contribution is 2.44. The van der Waals surface area contributed by atoms with Gasteiger partial charge < -0.3 is 10.4 Å². The highest BCUT2D eigenvalue weighted by molar-refractivity contribution is 6.03. The molecule has 0 atom stereocenters. The van der Waals surface area contributed by atoms with E-state index in [-0.39, 0.29) is 11.7 Å². The second kappa shape index (κ2) is 4.76. The van der Waals surface area contributed by atoms with E-state index in [1.807, 2.05) is 30.3 Å². The van der Waals surface area contributed by atoms with Crippen LogP contribution in [-0.2, 0) is 0 Å². The fourth-order valence-corrected chi connectivity index (χ4v) is 3.20. The van der Waals surface area contributed by atoms with E-state index in [4.69, 9.17) is 0 Å². The number of carbonyl (C=O) groups is 1. The predicted octanol–water partition coefficient (Wildman–Crippen LogP) is 3.46. The number of hydrogen-bond donors (Lipinski definition) is 2. The van der Waals surface area contributed by atoms with Crippen LogP contribution in [0.2, 0.25) is 0 Å². The van der Waals surface area contributed by atoms with Crippen LogP contribution in [0.5, 0.6) is 5.75 Å². The minimum atomic E-state index is -0.137. The molecule has 3 heteroatoms. The molecule has 0 radical (unpaired) electrons. The van der Waals surface area contributed by atoms with E-state index >= 15 is 0 Å². The zero-order chi connectivity index (χ0) is 14.4. The van der Waals surface area contributed by atoms with Crippen LogP contribution < -0.4 is 5.32 Å². The molecule has 108 valence electrons. The largest absolute Gasteiger partial charge is 0.506 e. The first kappa shape index (κ1) is 12.7. The Kier molecular flexibility index (Phi) is 2.88. The van der Waals surface area contributed by atoms with Crippen LogP contribution in [-0.4, -0.2) is 17.1 Å². The number of aromatic hydroxyl groups is 1. The molecule has 0 aromatic heterocycles. The maximum absolute atomic E-state index is 12.5. The summed E-state index contributed by atoms with van der Waals surface area (Å²) < 4.78 is 0. The Hall–Kier alpha value is -2.03. The Morgan fingerprint density at radius 1 is 1.05 bits per heavy atom. The van der Waals surface area contributed by atoms with Gasteiger partial charge in [-0.05, 0) is 49.0 Å². The monoisotopic (exact) mass is 281 g/mol. The first-order valence-corrected chi connectivity index (χ1v) is 7.75. The van der Waals surface area contributed by atoms with E-state index in [9.17, 15) is 9.90 Å². The Morgan fingerprint density at radius 3 is 2.38 bits per heavy atom. The smallest absolute Gasteiger partial charge is 0.255 e. The van der Waals surface area contributed by atoms with E-state index in [0.29, 0.717) is 23.4 Å². The molecule has 0 heterocycles. The van der Waals surface area contributed by atoms with Crippen molar-refractivity contribution in [3.05, 3.63) is 42.0 Å². The molecular weight excluding hydrogens is 262 g/mol. The predicted molar refractivity (Wildman–Crippen MR) is 82.3 cm³/mol. The molecule has 2 N–H and O–H groups in total. The summed E-state index contributed by atoms with van der Waals surface area (Å²) in [5, 5.41) is 15.2. The van der Waals surface area contributed by atoms with E-state index in [1.165, 1.54) is 25.7 Å². The third-order valence-electron chi connectivity index (χ3n) is 4.70. The first-order valence-electron chi connectivity index (χ1n) is 7.75. The van der Waals surface area contributed by atoms with E-state index in [0.717, 1.165) is 10.8 Å². The van der Waals surface area contributed by atoms with Crippen molar-refractivity contribution in [1.82, 2.24) is 5.32 Å². The number of phenols is 1. The lowest BCUT2D eigenvalue weighted by Gasteiger charge is -2.18. The molecule has 2 fully saturated rings. The SMILES string of the molecule is O=C(NC(C1CC1)C1CC1)c1ccc2ccccc2c1O. The van der Waals surface area contributed by atoms with E-state index in [2.05, 4.69) is 5.32 Å². The van der Waals surface area contributed by atoms with Gasteiger partial charge in [0, 0.05) is 11.4 Å². The fourth-order valence-electron chi connectivity index (χ4n) is 3.20. The lowest BCUT2D eigenvalue weighted by Crippen LogP contribution is -2.38. The van der Waals surface area contributed by atoms with Gasteiger partial charge in [-0.1, -0.05) is 30.3 Å². The van der Waals surface area contributed by atoms with E-state index in [1.54, 1.807) is 6.07 Å². The number of carbonyl (C=O) groups excluding carboxylic acids is 1. The van der Waals surface area contributed by atoms with Crippen molar-refractivity contribution >= 4 is 16.7 Å². The number of benzene rings is 2. The molecule has 2 aliphatic rings. The molecule has 3 nitrogen and oxygen atoms in total. The number of hydrogen-bond acceptors (Lipinski definition) is 2. The van der Waals surface area contributed by atoms with Crippen LogP contribution >= 0.6 is 0 Å². The van der Waals surface area contributed by atoms with Crippen LogP contribution in [0, 0.1) is 11.8 Å². The molecule has 2 aromatic rings. The Bertz CT molecular complexity index is 689. The maximum Gasteiger partial charge on any atom is 0.255 e. The molecule has 0 spiro atoms. The van der Waals surface area contributed by atoms with Gasteiger partial charge in [-0.3, -0.25) is 4.79 Å². The normalized spacial score (nSPS) is 18.1. The molecule has 2 aromatic carbocycles. The Labute approximate surface area is 124 Å². The van der Waals surface area contributed by atoms with Crippen LogP contribution in [0.15, 0.2) is 36.4 Å². The highest BCUT2D eigenvalue weighted by atomic mass is 16.3. The summed E-state index contributed by atoms with van der Waals surface area (Å²) in [6.07, 6.45) is 4.91. The summed E-state index contributed by atoms with van der Waals surface area (Å²) in [7, 11) is 0. The first-order chi connectivity index (χ1) is 10.2. The van der Waals surface area contributed by atoms with Crippen molar-refractivity contribution in [2.24, 2.45) is 11.8 Å². The standard InChI is InChI=1S/C18H19NO2/c20-17-14-4-2-1-3-11(14)9-10-15(17)18(21)19-16(12-5-6-12)13-7-8-13/h1-4,9-10,12-13,16,20H,5-8H2,(H,19,21). The lowest BCUT2D eigenvalue weighted by atomic mass is 10.0. The van der Waals surface area contributed by atoms with Gasteiger partial charge >= 0.3 is 0 Å². The minimum Gasteiger partial charge on any atom is -0.506 e. The zero-order valence-electron chi connectivity index (χ0n) is 11.9. The quantitative estimate of drug-likeness (QED) is 0.901.